The van der Waals surface area contributed by atoms with Gasteiger partial charge < -0.3 is 4.74 Å². The molecule has 0 atom stereocenters. The molecule has 0 aromatic heterocycles. The Morgan fingerprint density at radius 2 is 1.86 bits per heavy atom. The average Bonchev–Trinajstić information content (AvgIpc) is 2.52. The quantitative estimate of drug-likeness (QED) is 0.176. The predicted octanol–water partition coefficient (Wildman–Crippen LogP) is 3.16. The number of hydrogen-bond donors (Lipinski definition) is 1. The lowest BCUT2D eigenvalue weighted by atomic mass is 10.00. The minimum atomic E-state index is -1.04. The number of Topliss-reactive ketones (excluding diaryl/α,β-unsaturated/α-hetero) is 1. The third-order valence-corrected chi connectivity index (χ3v) is 2.88. The van der Waals surface area contributed by atoms with E-state index in [0.29, 0.717) is 0 Å². The van der Waals surface area contributed by atoms with Crippen LogP contribution in [0.3, 0.4) is 0 Å². The molecule has 0 bridgehead atoms. The Hall–Kier alpha value is -3.18. The van der Waals surface area contributed by atoms with Gasteiger partial charge in [0.05, 0.1) is 7.11 Å². The fourth-order valence-electron chi connectivity index (χ4n) is 1.87. The molecule has 2 aromatic carbocycles. The van der Waals surface area contributed by atoms with Gasteiger partial charge in [-0.25, -0.2) is 4.79 Å². The van der Waals surface area contributed by atoms with Gasteiger partial charge in [-0.15, -0.1) is 0 Å². The molecule has 0 saturated carbocycles. The summed E-state index contributed by atoms with van der Waals surface area (Å²) in [6, 6.07) is 10.2. The molecule has 2 aromatic rings. The Labute approximate surface area is 119 Å². The molecule has 1 N–H and O–H groups in total. The van der Waals surface area contributed by atoms with Crippen LogP contribution in [0.25, 0.3) is 21.2 Å². The molecule has 0 spiro atoms. The van der Waals surface area contributed by atoms with Crippen molar-refractivity contribution >= 4 is 33.9 Å². The monoisotopic (exact) mass is 282 g/mol. The number of carbonyl (C=O) groups is 2. The number of esters is 1. The number of ketones is 1. The van der Waals surface area contributed by atoms with Gasteiger partial charge in [0.15, 0.2) is 5.71 Å². The fraction of sp³-hybridized carbons (Fsp3) is 0.0714. The van der Waals surface area contributed by atoms with Gasteiger partial charge in [-0.1, -0.05) is 29.4 Å². The van der Waals surface area contributed by atoms with Gasteiger partial charge in [0.2, 0.25) is 5.78 Å². The number of ether oxygens (including phenoxy) is 1. The van der Waals surface area contributed by atoms with Crippen LogP contribution in [0.4, 0.5) is 5.69 Å². The normalized spacial score (nSPS) is 9.76. The summed E-state index contributed by atoms with van der Waals surface area (Å²) >= 11 is 0. The average molecular weight is 282 g/mol. The zero-order valence-corrected chi connectivity index (χ0v) is 11.0. The number of azide groups is 1. The van der Waals surface area contributed by atoms with E-state index in [-0.39, 0.29) is 11.3 Å². The highest BCUT2D eigenvalue weighted by Crippen LogP contribution is 2.27. The maximum absolute atomic E-state index is 12.2. The highest BCUT2D eigenvalue weighted by molar-refractivity contribution is 6.67. The molecule has 7 nitrogen and oxygen atoms in total. The standard InChI is InChI=1S/C14H10N4O3/c1-21-14(20)12(15)13(19)10-6-8-4-2-3-5-9(8)7-11(10)17-18-16/h2-7,15H,1H3. The van der Waals surface area contributed by atoms with E-state index in [2.05, 4.69) is 14.8 Å². The van der Waals surface area contributed by atoms with Crippen LogP contribution in [-0.4, -0.2) is 24.6 Å². The number of fused-ring (bicyclic) bond motifs is 1. The Bertz CT molecular complexity index is 807. The second-order valence-corrected chi connectivity index (χ2v) is 4.10. The zero-order chi connectivity index (χ0) is 15.4. The van der Waals surface area contributed by atoms with Crippen LogP contribution in [0.5, 0.6) is 0 Å². The van der Waals surface area contributed by atoms with Crippen LogP contribution in [0.15, 0.2) is 41.5 Å². The molecule has 0 aliphatic heterocycles. The van der Waals surface area contributed by atoms with E-state index in [4.69, 9.17) is 10.9 Å². The predicted molar refractivity (Wildman–Crippen MR) is 76.8 cm³/mol. The molecular weight excluding hydrogens is 272 g/mol. The second kappa shape index (κ2) is 5.85. The maximum atomic E-state index is 12.2. The first kappa shape index (κ1) is 14.2. The van der Waals surface area contributed by atoms with Crippen molar-refractivity contribution in [3.63, 3.8) is 0 Å². The van der Waals surface area contributed by atoms with E-state index in [9.17, 15) is 9.59 Å². The van der Waals surface area contributed by atoms with E-state index in [0.717, 1.165) is 17.9 Å². The summed E-state index contributed by atoms with van der Waals surface area (Å²) in [5.74, 6) is -1.89. The molecule has 7 heteroatoms. The molecule has 0 unspecified atom stereocenters. The van der Waals surface area contributed by atoms with E-state index in [1.54, 1.807) is 24.3 Å². The maximum Gasteiger partial charge on any atom is 0.360 e. The Morgan fingerprint density at radius 3 is 2.43 bits per heavy atom. The number of rotatable bonds is 4. The number of carbonyl (C=O) groups excluding carboxylic acids is 2. The van der Waals surface area contributed by atoms with Crippen molar-refractivity contribution in [3.05, 3.63) is 52.4 Å². The third-order valence-electron chi connectivity index (χ3n) is 2.88. The van der Waals surface area contributed by atoms with E-state index >= 15 is 0 Å². The van der Waals surface area contributed by atoms with E-state index in [1.165, 1.54) is 12.1 Å². The van der Waals surface area contributed by atoms with Crippen LogP contribution in [0.1, 0.15) is 10.4 Å². The van der Waals surface area contributed by atoms with Crippen molar-refractivity contribution in [2.24, 2.45) is 5.11 Å². The van der Waals surface area contributed by atoms with Crippen LogP contribution in [0, 0.1) is 5.41 Å². The first-order valence-electron chi connectivity index (χ1n) is 5.88. The van der Waals surface area contributed by atoms with Gasteiger partial charge in [-0.05, 0) is 28.4 Å². The van der Waals surface area contributed by atoms with Gasteiger partial charge in [-0.2, -0.15) is 0 Å². The Morgan fingerprint density at radius 1 is 1.24 bits per heavy atom. The highest BCUT2D eigenvalue weighted by atomic mass is 16.5. The smallest absolute Gasteiger partial charge is 0.360 e. The lowest BCUT2D eigenvalue weighted by molar-refractivity contribution is -0.132. The second-order valence-electron chi connectivity index (χ2n) is 4.10. The van der Waals surface area contributed by atoms with Crippen LogP contribution < -0.4 is 0 Å². The van der Waals surface area contributed by atoms with Crippen molar-refractivity contribution in [2.45, 2.75) is 0 Å². The minimum Gasteiger partial charge on any atom is -0.464 e. The van der Waals surface area contributed by atoms with Crippen molar-refractivity contribution in [2.75, 3.05) is 7.11 Å². The number of methoxy groups -OCH3 is 1. The number of nitrogens with zero attached hydrogens (tertiary/aromatic N) is 3. The number of hydrogen-bond acceptors (Lipinski definition) is 5. The molecule has 104 valence electrons. The molecule has 0 aliphatic rings. The largest absolute Gasteiger partial charge is 0.464 e. The summed E-state index contributed by atoms with van der Waals surface area (Å²) < 4.78 is 4.35. The van der Waals surface area contributed by atoms with Crippen molar-refractivity contribution in [3.8, 4) is 0 Å². The topological polar surface area (TPSA) is 116 Å². The Balaban J connectivity index is 2.63. The highest BCUT2D eigenvalue weighted by Gasteiger charge is 2.23. The van der Waals surface area contributed by atoms with Gasteiger partial charge in [-0.3, -0.25) is 10.2 Å². The molecule has 2 rings (SSSR count). The first-order valence-corrected chi connectivity index (χ1v) is 5.88. The molecular formula is C14H10N4O3. The fourth-order valence-corrected chi connectivity index (χ4v) is 1.87. The summed E-state index contributed by atoms with van der Waals surface area (Å²) in [5, 5.41) is 12.5. The SMILES string of the molecule is COC(=O)C(=N)C(=O)c1cc2ccccc2cc1N=[N+]=[N-]. The molecule has 0 fully saturated rings. The van der Waals surface area contributed by atoms with Crippen LogP contribution >= 0.6 is 0 Å². The van der Waals surface area contributed by atoms with Crippen LogP contribution in [0.2, 0.25) is 0 Å². The van der Waals surface area contributed by atoms with Gasteiger partial charge >= 0.3 is 5.97 Å². The van der Waals surface area contributed by atoms with Gasteiger partial charge in [0, 0.05) is 16.2 Å². The molecule has 0 aliphatic carbocycles. The molecule has 0 saturated heterocycles. The van der Waals surface area contributed by atoms with Crippen molar-refractivity contribution < 1.29 is 14.3 Å². The summed E-state index contributed by atoms with van der Waals surface area (Å²) in [7, 11) is 1.08. The van der Waals surface area contributed by atoms with E-state index in [1.807, 2.05) is 0 Å². The Kier molecular flexibility index (Phi) is 3.97. The minimum absolute atomic E-state index is 0.0121. The molecule has 0 radical (unpaired) electrons. The molecule has 21 heavy (non-hydrogen) atoms. The van der Waals surface area contributed by atoms with Gasteiger partial charge in [0.1, 0.15) is 0 Å². The zero-order valence-electron chi connectivity index (χ0n) is 11.0. The molecule has 0 heterocycles. The summed E-state index contributed by atoms with van der Waals surface area (Å²) in [6.45, 7) is 0. The summed E-state index contributed by atoms with van der Waals surface area (Å²) in [4.78, 5) is 26.1. The van der Waals surface area contributed by atoms with Gasteiger partial charge in [0.25, 0.3) is 0 Å². The third kappa shape index (κ3) is 2.72. The van der Waals surface area contributed by atoms with Crippen LogP contribution in [-0.2, 0) is 9.53 Å². The first-order chi connectivity index (χ1) is 10.1. The van der Waals surface area contributed by atoms with Crippen molar-refractivity contribution in [1.29, 1.82) is 5.41 Å². The summed E-state index contributed by atoms with van der Waals surface area (Å²) in [5.41, 5.74) is 7.83. The lowest BCUT2D eigenvalue weighted by Crippen LogP contribution is -2.24. The van der Waals surface area contributed by atoms with Crippen molar-refractivity contribution in [1.82, 2.24) is 0 Å². The van der Waals surface area contributed by atoms with E-state index < -0.39 is 17.5 Å². The summed E-state index contributed by atoms with van der Waals surface area (Å²) in [6.07, 6.45) is 0. The molecule has 0 amide bonds. The number of benzene rings is 2. The lowest BCUT2D eigenvalue weighted by Gasteiger charge is -2.07. The number of nitrogens with one attached hydrogen (secondary N) is 1.